The number of benzene rings is 2. The van der Waals surface area contributed by atoms with Gasteiger partial charge in [0.1, 0.15) is 0 Å². The maximum atomic E-state index is 12.7. The molecule has 3 heterocycles. The van der Waals surface area contributed by atoms with Gasteiger partial charge in [-0.1, -0.05) is 36.4 Å². The summed E-state index contributed by atoms with van der Waals surface area (Å²) in [6.45, 7) is 5.04. The average Bonchev–Trinajstić information content (AvgIpc) is 3.30. The summed E-state index contributed by atoms with van der Waals surface area (Å²) in [5.74, 6) is 0.0212. The summed E-state index contributed by atoms with van der Waals surface area (Å²) in [6, 6.07) is 18.9. The van der Waals surface area contributed by atoms with Crippen LogP contribution in [0, 0.1) is 0 Å². The summed E-state index contributed by atoms with van der Waals surface area (Å²) in [7, 11) is 0. The van der Waals surface area contributed by atoms with E-state index in [9.17, 15) is 4.79 Å². The fourth-order valence-corrected chi connectivity index (χ4v) is 4.46. The van der Waals surface area contributed by atoms with Crippen molar-refractivity contribution in [1.29, 1.82) is 0 Å². The Morgan fingerprint density at radius 3 is 2.72 bits per heavy atom. The molecule has 1 atom stereocenters. The molecule has 0 bridgehead atoms. The summed E-state index contributed by atoms with van der Waals surface area (Å²) >= 11 is 0. The second kappa shape index (κ2) is 6.92. The lowest BCUT2D eigenvalue weighted by Gasteiger charge is -2.18. The first-order chi connectivity index (χ1) is 14.1. The van der Waals surface area contributed by atoms with Gasteiger partial charge < -0.3 is 9.88 Å². The Kier molecular flexibility index (Phi) is 4.23. The Balaban J connectivity index is 1.71. The third-order valence-electron chi connectivity index (χ3n) is 5.72. The van der Waals surface area contributed by atoms with Crippen LogP contribution in [0.3, 0.4) is 0 Å². The molecule has 5 rings (SSSR count). The molecule has 0 saturated heterocycles. The molecule has 1 aliphatic heterocycles. The second-order valence-electron chi connectivity index (χ2n) is 8.00. The zero-order chi connectivity index (χ0) is 20.0. The highest BCUT2D eigenvalue weighted by molar-refractivity contribution is 6.06. The zero-order valence-electron chi connectivity index (χ0n) is 16.7. The standard InChI is InChI=1S/C24H24N4O/c1-16(2)28-21(11-12-25-28)18-13-23(29)26-20-9-6-10-22-24(20)19(18)15-27(22)14-17-7-4-3-5-8-17/h3-12,15-16,18H,13-14H2,1-2H3,(H,26,29)/t18-/m0/s1. The molecule has 0 radical (unpaired) electrons. The fraction of sp³-hybridized carbons (Fsp3) is 0.250. The van der Waals surface area contributed by atoms with Crippen LogP contribution < -0.4 is 5.32 Å². The van der Waals surface area contributed by atoms with Crippen LogP contribution in [0.4, 0.5) is 5.69 Å². The smallest absolute Gasteiger partial charge is 0.225 e. The predicted molar refractivity (Wildman–Crippen MR) is 115 cm³/mol. The number of nitrogens with zero attached hydrogens (tertiary/aromatic N) is 3. The topological polar surface area (TPSA) is 51.9 Å². The first-order valence-electron chi connectivity index (χ1n) is 10.1. The maximum absolute atomic E-state index is 12.7. The molecule has 4 aromatic rings. The first-order valence-corrected chi connectivity index (χ1v) is 10.1. The van der Waals surface area contributed by atoms with Crippen LogP contribution in [-0.4, -0.2) is 20.3 Å². The molecule has 0 aliphatic carbocycles. The largest absolute Gasteiger partial charge is 0.343 e. The van der Waals surface area contributed by atoms with Gasteiger partial charge in [0.2, 0.25) is 5.91 Å². The molecular formula is C24H24N4O. The van der Waals surface area contributed by atoms with Gasteiger partial charge in [0.05, 0.1) is 11.2 Å². The van der Waals surface area contributed by atoms with Gasteiger partial charge in [-0.2, -0.15) is 5.10 Å². The van der Waals surface area contributed by atoms with Crippen molar-refractivity contribution in [3.8, 4) is 0 Å². The minimum Gasteiger partial charge on any atom is -0.343 e. The Hall–Kier alpha value is -3.34. The molecular weight excluding hydrogens is 360 g/mol. The van der Waals surface area contributed by atoms with Gasteiger partial charge in [-0.3, -0.25) is 9.48 Å². The molecule has 146 valence electrons. The van der Waals surface area contributed by atoms with Crippen molar-refractivity contribution in [2.24, 2.45) is 0 Å². The van der Waals surface area contributed by atoms with Crippen LogP contribution in [0.2, 0.25) is 0 Å². The number of anilines is 1. The number of carbonyl (C=O) groups excluding carboxylic acids is 1. The summed E-state index contributed by atoms with van der Waals surface area (Å²) in [4.78, 5) is 12.7. The van der Waals surface area contributed by atoms with Gasteiger partial charge in [0, 0.05) is 48.4 Å². The lowest BCUT2D eigenvalue weighted by atomic mass is 9.92. The molecule has 1 amide bonds. The molecule has 5 heteroatoms. The number of rotatable bonds is 4. The predicted octanol–water partition coefficient (Wildman–Crippen LogP) is 4.94. The third-order valence-corrected chi connectivity index (χ3v) is 5.72. The molecule has 29 heavy (non-hydrogen) atoms. The van der Waals surface area contributed by atoms with E-state index in [1.165, 1.54) is 11.1 Å². The lowest BCUT2D eigenvalue weighted by Crippen LogP contribution is -2.17. The maximum Gasteiger partial charge on any atom is 0.225 e. The van der Waals surface area contributed by atoms with Crippen molar-refractivity contribution in [2.45, 2.75) is 38.8 Å². The van der Waals surface area contributed by atoms with E-state index in [0.717, 1.165) is 28.8 Å². The zero-order valence-corrected chi connectivity index (χ0v) is 16.7. The molecule has 2 aromatic heterocycles. The number of hydrogen-bond donors (Lipinski definition) is 1. The highest BCUT2D eigenvalue weighted by Crippen LogP contribution is 2.41. The van der Waals surface area contributed by atoms with Crippen LogP contribution in [0.15, 0.2) is 67.0 Å². The van der Waals surface area contributed by atoms with E-state index in [-0.39, 0.29) is 17.9 Å². The van der Waals surface area contributed by atoms with Crippen molar-refractivity contribution in [3.63, 3.8) is 0 Å². The average molecular weight is 384 g/mol. The summed E-state index contributed by atoms with van der Waals surface area (Å²) < 4.78 is 4.33. The Morgan fingerprint density at radius 2 is 1.93 bits per heavy atom. The molecule has 5 nitrogen and oxygen atoms in total. The Bertz CT molecular complexity index is 1190. The molecule has 0 unspecified atom stereocenters. The number of carbonyl (C=O) groups is 1. The number of amides is 1. The third kappa shape index (κ3) is 3.03. The van der Waals surface area contributed by atoms with Gasteiger partial charge in [0.15, 0.2) is 0 Å². The van der Waals surface area contributed by atoms with Crippen LogP contribution >= 0.6 is 0 Å². The van der Waals surface area contributed by atoms with Crippen LogP contribution in [0.5, 0.6) is 0 Å². The van der Waals surface area contributed by atoms with Crippen molar-refractivity contribution in [1.82, 2.24) is 14.3 Å². The van der Waals surface area contributed by atoms with Crippen LogP contribution in [-0.2, 0) is 11.3 Å². The second-order valence-corrected chi connectivity index (χ2v) is 8.00. The van der Waals surface area contributed by atoms with Gasteiger partial charge in [0.25, 0.3) is 0 Å². The monoisotopic (exact) mass is 384 g/mol. The number of aromatic nitrogens is 3. The Morgan fingerprint density at radius 1 is 1.10 bits per heavy atom. The van der Waals surface area contributed by atoms with E-state index in [2.05, 4.69) is 65.4 Å². The van der Waals surface area contributed by atoms with E-state index in [1.54, 1.807) is 0 Å². The van der Waals surface area contributed by atoms with Gasteiger partial charge in [-0.25, -0.2) is 0 Å². The van der Waals surface area contributed by atoms with E-state index in [4.69, 9.17) is 0 Å². The minimum absolute atomic E-state index is 0.0249. The first kappa shape index (κ1) is 17.7. The SMILES string of the molecule is CC(C)n1nccc1[C@H]1CC(=O)Nc2cccc3c2c1cn3Cc1ccccc1. The van der Waals surface area contributed by atoms with Crippen molar-refractivity contribution in [3.05, 3.63) is 83.8 Å². The quantitative estimate of drug-likeness (QED) is 0.542. The number of nitrogens with one attached hydrogen (secondary N) is 1. The van der Waals surface area contributed by atoms with E-state index in [1.807, 2.05) is 35.1 Å². The van der Waals surface area contributed by atoms with E-state index < -0.39 is 0 Å². The molecule has 0 saturated carbocycles. The summed E-state index contributed by atoms with van der Waals surface area (Å²) in [6.07, 6.45) is 4.48. The highest BCUT2D eigenvalue weighted by atomic mass is 16.1. The van der Waals surface area contributed by atoms with E-state index >= 15 is 0 Å². The molecule has 0 fully saturated rings. The minimum atomic E-state index is -0.0249. The van der Waals surface area contributed by atoms with E-state index in [0.29, 0.717) is 6.42 Å². The molecule has 1 aliphatic rings. The normalized spacial score (nSPS) is 16.2. The van der Waals surface area contributed by atoms with Gasteiger partial charge in [-0.05, 0) is 43.2 Å². The number of hydrogen-bond acceptors (Lipinski definition) is 2. The summed E-state index contributed by atoms with van der Waals surface area (Å²) in [5.41, 5.74) is 5.57. The Labute approximate surface area is 170 Å². The lowest BCUT2D eigenvalue weighted by molar-refractivity contribution is -0.116. The van der Waals surface area contributed by atoms with Crippen molar-refractivity contribution >= 4 is 22.5 Å². The van der Waals surface area contributed by atoms with Crippen LogP contribution in [0.25, 0.3) is 10.9 Å². The highest BCUT2D eigenvalue weighted by Gasteiger charge is 2.30. The molecule has 2 aromatic carbocycles. The summed E-state index contributed by atoms with van der Waals surface area (Å²) in [5, 5.41) is 8.78. The van der Waals surface area contributed by atoms with Gasteiger partial charge in [-0.15, -0.1) is 0 Å². The molecule has 0 spiro atoms. The molecule has 1 N–H and O–H groups in total. The van der Waals surface area contributed by atoms with Crippen molar-refractivity contribution < 1.29 is 4.79 Å². The van der Waals surface area contributed by atoms with Gasteiger partial charge >= 0.3 is 0 Å². The van der Waals surface area contributed by atoms with Crippen molar-refractivity contribution in [2.75, 3.05) is 5.32 Å². The van der Waals surface area contributed by atoms with Crippen LogP contribution in [0.1, 0.15) is 49.0 Å². The fourth-order valence-electron chi connectivity index (χ4n) is 4.46.